The minimum atomic E-state index is -0.528. The van der Waals surface area contributed by atoms with Crippen molar-refractivity contribution in [3.05, 3.63) is 46.6 Å². The third kappa shape index (κ3) is 2.76. The molecule has 0 N–H and O–H groups in total. The molecule has 0 aromatic heterocycles. The van der Waals surface area contributed by atoms with Crippen LogP contribution >= 0.6 is 23.2 Å². The van der Waals surface area contributed by atoms with E-state index in [0.29, 0.717) is 15.6 Å². The van der Waals surface area contributed by atoms with Gasteiger partial charge in [0.05, 0.1) is 11.8 Å². The SMILES string of the molecule is C=COC(=O)c1cc(Cl)cc(Cl)c1. The maximum Gasteiger partial charge on any atom is 0.343 e. The Morgan fingerprint density at radius 3 is 2.31 bits per heavy atom. The third-order valence-electron chi connectivity index (χ3n) is 1.29. The van der Waals surface area contributed by atoms with Crippen molar-refractivity contribution in [3.63, 3.8) is 0 Å². The van der Waals surface area contributed by atoms with Crippen LogP contribution in [0.15, 0.2) is 31.0 Å². The van der Waals surface area contributed by atoms with E-state index >= 15 is 0 Å². The molecule has 68 valence electrons. The molecule has 0 saturated heterocycles. The average Bonchev–Trinajstić information content (AvgIpc) is 2.03. The lowest BCUT2D eigenvalue weighted by molar-refractivity contribution is 0.0664. The van der Waals surface area contributed by atoms with Crippen LogP contribution in [-0.4, -0.2) is 5.97 Å². The molecule has 0 heterocycles. The van der Waals surface area contributed by atoms with Crippen LogP contribution < -0.4 is 0 Å². The molecule has 1 rings (SSSR count). The van der Waals surface area contributed by atoms with Crippen molar-refractivity contribution in [2.24, 2.45) is 0 Å². The molecule has 0 unspecified atom stereocenters. The van der Waals surface area contributed by atoms with Gasteiger partial charge in [0, 0.05) is 10.0 Å². The van der Waals surface area contributed by atoms with Crippen molar-refractivity contribution in [2.75, 3.05) is 0 Å². The zero-order valence-corrected chi connectivity index (χ0v) is 8.10. The summed E-state index contributed by atoms with van der Waals surface area (Å²) in [6.07, 6.45) is 1.05. The predicted octanol–water partition coefficient (Wildman–Crippen LogP) is 3.29. The normalized spacial score (nSPS) is 9.38. The first-order chi connectivity index (χ1) is 6.13. The van der Waals surface area contributed by atoms with Gasteiger partial charge < -0.3 is 4.74 Å². The fraction of sp³-hybridized carbons (Fsp3) is 0. The summed E-state index contributed by atoms with van der Waals surface area (Å²) in [5, 5.41) is 0.784. The van der Waals surface area contributed by atoms with Gasteiger partial charge in [0.2, 0.25) is 0 Å². The van der Waals surface area contributed by atoms with E-state index in [9.17, 15) is 4.79 Å². The van der Waals surface area contributed by atoms with Crippen molar-refractivity contribution in [1.29, 1.82) is 0 Å². The Labute approximate surface area is 85.7 Å². The van der Waals surface area contributed by atoms with Gasteiger partial charge in [-0.15, -0.1) is 0 Å². The van der Waals surface area contributed by atoms with Gasteiger partial charge in [-0.3, -0.25) is 0 Å². The van der Waals surface area contributed by atoms with Gasteiger partial charge in [-0.1, -0.05) is 29.8 Å². The van der Waals surface area contributed by atoms with Gasteiger partial charge in [0.15, 0.2) is 0 Å². The first-order valence-electron chi connectivity index (χ1n) is 3.41. The van der Waals surface area contributed by atoms with Crippen molar-refractivity contribution in [3.8, 4) is 0 Å². The van der Waals surface area contributed by atoms with Crippen molar-refractivity contribution >= 4 is 29.2 Å². The van der Waals surface area contributed by atoms with Crippen LogP contribution in [0.2, 0.25) is 10.0 Å². The molecule has 0 aliphatic heterocycles. The molecular weight excluding hydrogens is 211 g/mol. The highest BCUT2D eigenvalue weighted by molar-refractivity contribution is 6.35. The second kappa shape index (κ2) is 4.30. The van der Waals surface area contributed by atoms with Crippen LogP contribution in [0, 0.1) is 0 Å². The van der Waals surface area contributed by atoms with E-state index in [2.05, 4.69) is 11.3 Å². The molecule has 0 aliphatic carbocycles. The minimum absolute atomic E-state index is 0.303. The molecule has 13 heavy (non-hydrogen) atoms. The van der Waals surface area contributed by atoms with Gasteiger partial charge in [-0.25, -0.2) is 4.79 Å². The number of ether oxygens (including phenoxy) is 1. The van der Waals surface area contributed by atoms with Crippen molar-refractivity contribution in [1.82, 2.24) is 0 Å². The Morgan fingerprint density at radius 1 is 1.31 bits per heavy atom. The third-order valence-corrected chi connectivity index (χ3v) is 1.73. The molecule has 0 radical (unpaired) electrons. The van der Waals surface area contributed by atoms with Crippen LogP contribution in [0.3, 0.4) is 0 Å². The van der Waals surface area contributed by atoms with Crippen molar-refractivity contribution in [2.45, 2.75) is 0 Å². The largest absolute Gasteiger partial charge is 0.432 e. The molecular formula is C9H6Cl2O2. The topological polar surface area (TPSA) is 26.3 Å². The number of esters is 1. The first-order valence-corrected chi connectivity index (χ1v) is 4.17. The highest BCUT2D eigenvalue weighted by Crippen LogP contribution is 2.19. The Bertz CT molecular complexity index is 327. The number of carbonyl (C=O) groups is 1. The van der Waals surface area contributed by atoms with Crippen LogP contribution in [0.5, 0.6) is 0 Å². The average molecular weight is 217 g/mol. The maximum absolute atomic E-state index is 11.1. The minimum Gasteiger partial charge on any atom is -0.432 e. The van der Waals surface area contributed by atoms with Gasteiger partial charge in [-0.2, -0.15) is 0 Å². The van der Waals surface area contributed by atoms with Crippen LogP contribution in [0.25, 0.3) is 0 Å². The van der Waals surface area contributed by atoms with Crippen LogP contribution in [0.4, 0.5) is 0 Å². The van der Waals surface area contributed by atoms with Gasteiger partial charge in [0.25, 0.3) is 0 Å². The summed E-state index contributed by atoms with van der Waals surface area (Å²) in [6, 6.07) is 4.48. The van der Waals surface area contributed by atoms with E-state index in [1.807, 2.05) is 0 Å². The number of rotatable bonds is 2. The van der Waals surface area contributed by atoms with Gasteiger partial charge in [-0.05, 0) is 18.2 Å². The number of carbonyl (C=O) groups excluding carboxylic acids is 1. The summed E-state index contributed by atoms with van der Waals surface area (Å²) < 4.78 is 4.55. The number of benzene rings is 1. The molecule has 1 aromatic rings. The molecule has 0 saturated carbocycles. The number of halogens is 2. The van der Waals surface area contributed by atoms with E-state index in [-0.39, 0.29) is 0 Å². The molecule has 0 fully saturated rings. The molecule has 4 heteroatoms. The molecule has 1 aromatic carbocycles. The highest BCUT2D eigenvalue weighted by Gasteiger charge is 2.07. The first kappa shape index (κ1) is 10.1. The molecule has 0 spiro atoms. The second-order valence-corrected chi connectivity index (χ2v) is 3.10. The predicted molar refractivity (Wildman–Crippen MR) is 52.1 cm³/mol. The molecule has 0 aliphatic rings. The molecule has 0 bridgehead atoms. The number of hydrogen-bond acceptors (Lipinski definition) is 2. The Kier molecular flexibility index (Phi) is 3.34. The zero-order valence-electron chi connectivity index (χ0n) is 6.59. The Morgan fingerprint density at radius 2 is 1.85 bits per heavy atom. The van der Waals surface area contributed by atoms with E-state index < -0.39 is 5.97 Å². The second-order valence-electron chi connectivity index (χ2n) is 2.23. The van der Waals surface area contributed by atoms with Crippen molar-refractivity contribution < 1.29 is 9.53 Å². The lowest BCUT2D eigenvalue weighted by Gasteiger charge is -2.00. The van der Waals surface area contributed by atoms with Gasteiger partial charge >= 0.3 is 5.97 Å². The summed E-state index contributed by atoms with van der Waals surface area (Å²) in [7, 11) is 0. The standard InChI is InChI=1S/C9H6Cl2O2/c1-2-13-9(12)6-3-7(10)5-8(11)4-6/h2-5H,1H2. The monoisotopic (exact) mass is 216 g/mol. The lowest BCUT2D eigenvalue weighted by atomic mass is 10.2. The quantitative estimate of drug-likeness (QED) is 0.561. The van der Waals surface area contributed by atoms with E-state index in [4.69, 9.17) is 23.2 Å². The van der Waals surface area contributed by atoms with Gasteiger partial charge in [0.1, 0.15) is 0 Å². The Balaban J connectivity index is 3.00. The summed E-state index contributed by atoms with van der Waals surface area (Å²) in [5.41, 5.74) is 0.303. The van der Waals surface area contributed by atoms with Crippen LogP contribution in [0.1, 0.15) is 10.4 Å². The van der Waals surface area contributed by atoms with E-state index in [1.165, 1.54) is 18.2 Å². The summed E-state index contributed by atoms with van der Waals surface area (Å²) in [5.74, 6) is -0.528. The molecule has 0 atom stereocenters. The van der Waals surface area contributed by atoms with E-state index in [0.717, 1.165) is 6.26 Å². The summed E-state index contributed by atoms with van der Waals surface area (Å²) in [6.45, 7) is 3.26. The van der Waals surface area contributed by atoms with Crippen LogP contribution in [-0.2, 0) is 4.74 Å². The lowest BCUT2D eigenvalue weighted by Crippen LogP contribution is -1.99. The summed E-state index contributed by atoms with van der Waals surface area (Å²) in [4.78, 5) is 11.1. The number of hydrogen-bond donors (Lipinski definition) is 0. The smallest absolute Gasteiger partial charge is 0.343 e. The zero-order chi connectivity index (χ0) is 9.84. The fourth-order valence-corrected chi connectivity index (χ4v) is 1.34. The summed E-state index contributed by atoms with van der Waals surface area (Å²) >= 11 is 11.4. The highest BCUT2D eigenvalue weighted by atomic mass is 35.5. The van der Waals surface area contributed by atoms with E-state index in [1.54, 1.807) is 0 Å². The maximum atomic E-state index is 11.1. The molecule has 0 amide bonds. The Hall–Kier alpha value is -0.990. The molecule has 2 nitrogen and oxygen atoms in total. The fourth-order valence-electron chi connectivity index (χ4n) is 0.815.